The third-order valence-corrected chi connectivity index (χ3v) is 4.07. The molecule has 154 valence electrons. The molecule has 3 amide bonds. The standard InChI is InChI=1S/C22H27N3O4/c1-2-3-7-17-10-12-19(13-11-17)24-20(26)16-29-21(27)14-15-23-22(28)25-18-8-5-4-6-9-18/h4-6,8-13H,2-3,7,14-16H2,1H3,(H,24,26)(H2,23,25,28). The van der Waals surface area contributed by atoms with Gasteiger partial charge in [-0.15, -0.1) is 0 Å². The summed E-state index contributed by atoms with van der Waals surface area (Å²) in [4.78, 5) is 35.3. The molecule has 0 bridgehead atoms. The lowest BCUT2D eigenvalue weighted by Crippen LogP contribution is -2.31. The second-order valence-corrected chi connectivity index (χ2v) is 6.51. The molecular weight excluding hydrogens is 370 g/mol. The highest BCUT2D eigenvalue weighted by molar-refractivity contribution is 5.93. The number of esters is 1. The van der Waals surface area contributed by atoms with Gasteiger partial charge < -0.3 is 20.7 Å². The SMILES string of the molecule is CCCCc1ccc(NC(=O)COC(=O)CCNC(=O)Nc2ccccc2)cc1. The Morgan fingerprint density at radius 2 is 1.59 bits per heavy atom. The number of carbonyl (C=O) groups excluding carboxylic acids is 3. The number of rotatable bonds is 10. The number of hydrogen-bond acceptors (Lipinski definition) is 4. The monoisotopic (exact) mass is 397 g/mol. The number of amides is 3. The summed E-state index contributed by atoms with van der Waals surface area (Å²) in [7, 11) is 0. The van der Waals surface area contributed by atoms with Gasteiger partial charge in [0.15, 0.2) is 6.61 Å². The number of carbonyl (C=O) groups is 3. The number of hydrogen-bond donors (Lipinski definition) is 3. The molecule has 0 heterocycles. The van der Waals surface area contributed by atoms with E-state index < -0.39 is 17.9 Å². The maximum Gasteiger partial charge on any atom is 0.319 e. The number of unbranched alkanes of at least 4 members (excludes halogenated alkanes) is 1. The van der Waals surface area contributed by atoms with Crippen molar-refractivity contribution in [3.8, 4) is 0 Å². The Bertz CT molecular complexity index is 791. The van der Waals surface area contributed by atoms with Crippen LogP contribution in [-0.4, -0.2) is 31.1 Å². The predicted octanol–water partition coefficient (Wildman–Crippen LogP) is 3.72. The maximum atomic E-state index is 11.9. The lowest BCUT2D eigenvalue weighted by Gasteiger charge is -2.09. The second-order valence-electron chi connectivity index (χ2n) is 6.51. The summed E-state index contributed by atoms with van der Waals surface area (Å²) in [6, 6.07) is 16.2. The lowest BCUT2D eigenvalue weighted by molar-refractivity contribution is -0.147. The van der Waals surface area contributed by atoms with Gasteiger partial charge in [0.25, 0.3) is 5.91 Å². The van der Waals surface area contributed by atoms with Crippen LogP contribution in [0.3, 0.4) is 0 Å². The summed E-state index contributed by atoms with van der Waals surface area (Å²) in [5, 5.41) is 7.89. The molecule has 0 saturated carbocycles. The van der Waals surface area contributed by atoms with Crippen molar-refractivity contribution in [3.05, 3.63) is 60.2 Å². The lowest BCUT2D eigenvalue weighted by atomic mass is 10.1. The largest absolute Gasteiger partial charge is 0.456 e. The van der Waals surface area contributed by atoms with E-state index in [4.69, 9.17) is 4.74 Å². The van der Waals surface area contributed by atoms with Crippen LogP contribution in [-0.2, 0) is 20.7 Å². The third-order valence-electron chi connectivity index (χ3n) is 4.07. The molecule has 0 aromatic heterocycles. The van der Waals surface area contributed by atoms with Gasteiger partial charge in [0.2, 0.25) is 0 Å². The van der Waals surface area contributed by atoms with Crippen LogP contribution in [0.1, 0.15) is 31.7 Å². The minimum absolute atomic E-state index is 0.0262. The van der Waals surface area contributed by atoms with Crippen LogP contribution in [0, 0.1) is 0 Å². The number of nitrogens with one attached hydrogen (secondary N) is 3. The fourth-order valence-electron chi connectivity index (χ4n) is 2.53. The maximum absolute atomic E-state index is 11.9. The molecule has 0 aliphatic rings. The van der Waals surface area contributed by atoms with Crippen molar-refractivity contribution in [2.24, 2.45) is 0 Å². The Morgan fingerprint density at radius 1 is 0.897 bits per heavy atom. The smallest absolute Gasteiger partial charge is 0.319 e. The van der Waals surface area contributed by atoms with Gasteiger partial charge in [-0.05, 0) is 42.7 Å². The summed E-state index contributed by atoms with van der Waals surface area (Å²) in [5.41, 5.74) is 2.54. The second kappa shape index (κ2) is 12.2. The molecule has 0 unspecified atom stereocenters. The Labute approximate surface area is 170 Å². The van der Waals surface area contributed by atoms with Gasteiger partial charge in [-0.25, -0.2) is 4.79 Å². The molecule has 0 aliphatic carbocycles. The summed E-state index contributed by atoms with van der Waals surface area (Å²) in [6.45, 7) is 1.89. The number of benzene rings is 2. The van der Waals surface area contributed by atoms with Crippen LogP contribution < -0.4 is 16.0 Å². The van der Waals surface area contributed by atoms with E-state index in [0.29, 0.717) is 11.4 Å². The molecule has 0 aliphatic heterocycles. The van der Waals surface area contributed by atoms with Crippen LogP contribution in [0.4, 0.5) is 16.2 Å². The molecule has 0 atom stereocenters. The van der Waals surface area contributed by atoms with Crippen LogP contribution >= 0.6 is 0 Å². The highest BCUT2D eigenvalue weighted by atomic mass is 16.5. The molecule has 2 rings (SSSR count). The minimum Gasteiger partial charge on any atom is -0.456 e. The Balaban J connectivity index is 1.60. The Hall–Kier alpha value is -3.35. The molecule has 0 spiro atoms. The van der Waals surface area contributed by atoms with E-state index in [1.165, 1.54) is 5.56 Å². The molecule has 3 N–H and O–H groups in total. The van der Waals surface area contributed by atoms with E-state index in [1.807, 2.05) is 30.3 Å². The minimum atomic E-state index is -0.560. The van der Waals surface area contributed by atoms with Crippen molar-refractivity contribution in [2.45, 2.75) is 32.6 Å². The first kappa shape index (κ1) is 21.9. The molecule has 7 nitrogen and oxygen atoms in total. The molecule has 0 saturated heterocycles. The zero-order valence-electron chi connectivity index (χ0n) is 16.6. The number of urea groups is 1. The van der Waals surface area contributed by atoms with E-state index in [-0.39, 0.29) is 19.6 Å². The first-order valence-electron chi connectivity index (χ1n) is 9.71. The topological polar surface area (TPSA) is 96.5 Å². The van der Waals surface area contributed by atoms with Crippen molar-refractivity contribution in [1.29, 1.82) is 0 Å². The highest BCUT2D eigenvalue weighted by Crippen LogP contribution is 2.11. The van der Waals surface area contributed by atoms with Gasteiger partial charge in [-0.2, -0.15) is 0 Å². The molecule has 0 fully saturated rings. The first-order valence-corrected chi connectivity index (χ1v) is 9.71. The highest BCUT2D eigenvalue weighted by Gasteiger charge is 2.09. The summed E-state index contributed by atoms with van der Waals surface area (Å²) in [5.74, 6) is -0.968. The van der Waals surface area contributed by atoms with Gasteiger partial charge >= 0.3 is 12.0 Å². The zero-order valence-corrected chi connectivity index (χ0v) is 16.6. The average molecular weight is 397 g/mol. The van der Waals surface area contributed by atoms with Crippen LogP contribution in [0.5, 0.6) is 0 Å². The quantitative estimate of drug-likeness (QED) is 0.532. The van der Waals surface area contributed by atoms with Crippen LogP contribution in [0.15, 0.2) is 54.6 Å². The van der Waals surface area contributed by atoms with Gasteiger partial charge in [0.1, 0.15) is 0 Å². The summed E-state index contributed by atoms with van der Waals surface area (Å²) >= 11 is 0. The third kappa shape index (κ3) is 8.92. The van der Waals surface area contributed by atoms with Crippen molar-refractivity contribution in [2.75, 3.05) is 23.8 Å². The predicted molar refractivity (Wildman–Crippen MR) is 113 cm³/mol. The van der Waals surface area contributed by atoms with Crippen molar-refractivity contribution < 1.29 is 19.1 Å². The number of anilines is 2. The number of para-hydroxylation sites is 1. The molecule has 2 aromatic carbocycles. The zero-order chi connectivity index (χ0) is 20.9. The Morgan fingerprint density at radius 3 is 2.28 bits per heavy atom. The molecular formula is C22H27N3O4. The van der Waals surface area contributed by atoms with E-state index in [1.54, 1.807) is 24.3 Å². The van der Waals surface area contributed by atoms with E-state index >= 15 is 0 Å². The van der Waals surface area contributed by atoms with Crippen molar-refractivity contribution >= 4 is 29.3 Å². The van der Waals surface area contributed by atoms with Crippen LogP contribution in [0.25, 0.3) is 0 Å². The van der Waals surface area contributed by atoms with E-state index in [0.717, 1.165) is 19.3 Å². The van der Waals surface area contributed by atoms with E-state index in [2.05, 4.69) is 22.9 Å². The van der Waals surface area contributed by atoms with Crippen molar-refractivity contribution in [3.63, 3.8) is 0 Å². The average Bonchev–Trinajstić information content (AvgIpc) is 2.72. The molecule has 2 aromatic rings. The number of ether oxygens (including phenoxy) is 1. The van der Waals surface area contributed by atoms with Gasteiger partial charge in [-0.1, -0.05) is 43.7 Å². The summed E-state index contributed by atoms with van der Waals surface area (Å²) < 4.78 is 4.93. The number of aryl methyl sites for hydroxylation is 1. The van der Waals surface area contributed by atoms with Gasteiger partial charge in [0, 0.05) is 17.9 Å². The van der Waals surface area contributed by atoms with Crippen molar-refractivity contribution in [1.82, 2.24) is 5.32 Å². The van der Waals surface area contributed by atoms with E-state index in [9.17, 15) is 14.4 Å². The molecule has 0 radical (unpaired) electrons. The van der Waals surface area contributed by atoms with Gasteiger partial charge in [-0.3, -0.25) is 9.59 Å². The fraction of sp³-hybridized carbons (Fsp3) is 0.318. The fourth-order valence-corrected chi connectivity index (χ4v) is 2.53. The normalized spacial score (nSPS) is 10.1. The molecule has 29 heavy (non-hydrogen) atoms. The Kier molecular flexibility index (Phi) is 9.21. The molecule has 7 heteroatoms. The van der Waals surface area contributed by atoms with Gasteiger partial charge in [0.05, 0.1) is 6.42 Å². The first-order chi connectivity index (χ1) is 14.1. The van der Waals surface area contributed by atoms with Crippen LogP contribution in [0.2, 0.25) is 0 Å². The summed E-state index contributed by atoms with van der Waals surface area (Å²) in [6.07, 6.45) is 3.25.